The van der Waals surface area contributed by atoms with Gasteiger partial charge in [0.2, 0.25) is 0 Å². The lowest BCUT2D eigenvalue weighted by Gasteiger charge is -2.22. The smallest absolute Gasteiger partial charge is 0.191 e. The Bertz CT molecular complexity index is 508. The minimum Gasteiger partial charge on any atom is -0.373 e. The van der Waals surface area contributed by atoms with Gasteiger partial charge in [0.1, 0.15) is 5.01 Å². The van der Waals surface area contributed by atoms with Crippen LogP contribution >= 0.6 is 11.3 Å². The van der Waals surface area contributed by atoms with Crippen LogP contribution in [0.25, 0.3) is 0 Å². The van der Waals surface area contributed by atoms with Gasteiger partial charge in [0, 0.05) is 11.4 Å². The van der Waals surface area contributed by atoms with Crippen molar-refractivity contribution in [1.29, 1.82) is 0 Å². The quantitative estimate of drug-likeness (QED) is 0.661. The predicted molar refractivity (Wildman–Crippen MR) is 85.8 cm³/mol. The van der Waals surface area contributed by atoms with Crippen molar-refractivity contribution in [3.63, 3.8) is 0 Å². The third kappa shape index (κ3) is 3.37. The summed E-state index contributed by atoms with van der Waals surface area (Å²) in [5.41, 5.74) is 1.12. The van der Waals surface area contributed by atoms with Crippen LogP contribution in [0, 0.1) is 13.8 Å². The van der Waals surface area contributed by atoms with Crippen LogP contribution in [0.2, 0.25) is 0 Å². The molecular weight excluding hydrogens is 284 g/mol. The fraction of sp³-hybridized carbons (Fsp3) is 0.733. The van der Waals surface area contributed by atoms with E-state index >= 15 is 0 Å². The number of thiazole rings is 1. The molecule has 2 bridgehead atoms. The van der Waals surface area contributed by atoms with E-state index in [0.717, 1.165) is 29.6 Å². The fourth-order valence-electron chi connectivity index (χ4n) is 3.04. The average molecular weight is 308 g/mol. The summed E-state index contributed by atoms with van der Waals surface area (Å²) in [4.78, 5) is 10.5. The molecule has 0 aliphatic carbocycles. The summed E-state index contributed by atoms with van der Waals surface area (Å²) in [7, 11) is 0. The Labute approximate surface area is 130 Å². The van der Waals surface area contributed by atoms with E-state index in [1.165, 1.54) is 17.7 Å². The molecule has 3 heterocycles. The molecule has 0 spiro atoms. The van der Waals surface area contributed by atoms with Gasteiger partial charge in [-0.2, -0.15) is 0 Å². The average Bonchev–Trinajstić information content (AvgIpc) is 3.13. The monoisotopic (exact) mass is 308 g/mol. The van der Waals surface area contributed by atoms with Crippen LogP contribution in [0.5, 0.6) is 0 Å². The molecule has 21 heavy (non-hydrogen) atoms. The maximum Gasteiger partial charge on any atom is 0.191 e. The molecule has 3 unspecified atom stereocenters. The molecular formula is C15H24N4OS. The molecule has 0 aromatic carbocycles. The van der Waals surface area contributed by atoms with Crippen molar-refractivity contribution in [3.8, 4) is 0 Å². The van der Waals surface area contributed by atoms with Gasteiger partial charge in [-0.3, -0.25) is 0 Å². The third-order valence-corrected chi connectivity index (χ3v) is 5.28. The van der Waals surface area contributed by atoms with Gasteiger partial charge in [-0.05, 0) is 40.0 Å². The van der Waals surface area contributed by atoms with Crippen molar-refractivity contribution in [2.75, 3.05) is 6.54 Å². The number of hydrogen-bond donors (Lipinski definition) is 2. The third-order valence-electron chi connectivity index (χ3n) is 4.22. The molecule has 3 rings (SSSR count). The topological polar surface area (TPSA) is 58.5 Å². The van der Waals surface area contributed by atoms with Crippen molar-refractivity contribution < 1.29 is 4.74 Å². The number of nitrogens with zero attached hydrogens (tertiary/aromatic N) is 2. The number of hydrogen-bond acceptors (Lipinski definition) is 4. The Morgan fingerprint density at radius 3 is 2.86 bits per heavy atom. The Kier molecular flexibility index (Phi) is 4.45. The molecule has 116 valence electrons. The molecule has 2 aliphatic rings. The van der Waals surface area contributed by atoms with Crippen molar-refractivity contribution in [3.05, 3.63) is 15.6 Å². The Morgan fingerprint density at radius 2 is 2.29 bits per heavy atom. The first-order valence-electron chi connectivity index (χ1n) is 7.79. The predicted octanol–water partition coefficient (Wildman–Crippen LogP) is 2.13. The zero-order valence-electron chi connectivity index (χ0n) is 13.0. The van der Waals surface area contributed by atoms with E-state index in [2.05, 4.69) is 41.4 Å². The van der Waals surface area contributed by atoms with E-state index in [0.29, 0.717) is 24.8 Å². The molecule has 2 N–H and O–H groups in total. The van der Waals surface area contributed by atoms with Gasteiger partial charge in [0.25, 0.3) is 0 Å². The van der Waals surface area contributed by atoms with Crippen molar-refractivity contribution in [1.82, 2.24) is 15.6 Å². The maximum absolute atomic E-state index is 5.89. The Balaban J connectivity index is 1.61. The molecule has 0 saturated carbocycles. The maximum atomic E-state index is 5.89. The van der Waals surface area contributed by atoms with Gasteiger partial charge >= 0.3 is 0 Å². The first-order valence-corrected chi connectivity index (χ1v) is 8.60. The molecule has 5 nitrogen and oxygen atoms in total. The zero-order valence-corrected chi connectivity index (χ0v) is 13.8. The van der Waals surface area contributed by atoms with E-state index < -0.39 is 0 Å². The summed E-state index contributed by atoms with van der Waals surface area (Å²) in [5.74, 6) is 0.879. The number of fused-ring (bicyclic) bond motifs is 2. The summed E-state index contributed by atoms with van der Waals surface area (Å²) in [5, 5.41) is 7.93. The summed E-state index contributed by atoms with van der Waals surface area (Å²) < 4.78 is 5.89. The van der Waals surface area contributed by atoms with Crippen LogP contribution in [-0.4, -0.2) is 35.7 Å². The lowest BCUT2D eigenvalue weighted by Crippen LogP contribution is -2.47. The van der Waals surface area contributed by atoms with E-state index in [1.807, 2.05) is 0 Å². The van der Waals surface area contributed by atoms with Crippen LogP contribution in [0.15, 0.2) is 4.99 Å². The number of aliphatic imine (C=N–C) groups is 1. The number of ether oxygens (including phenoxy) is 1. The van der Waals surface area contributed by atoms with E-state index in [-0.39, 0.29) is 0 Å². The lowest BCUT2D eigenvalue weighted by molar-refractivity contribution is 0.0992. The largest absolute Gasteiger partial charge is 0.373 e. The highest BCUT2D eigenvalue weighted by Gasteiger charge is 2.41. The van der Waals surface area contributed by atoms with Gasteiger partial charge in [0.05, 0.1) is 30.5 Å². The molecule has 1 aromatic rings. The summed E-state index contributed by atoms with van der Waals surface area (Å²) in [6.07, 6.45) is 4.31. The molecule has 3 atom stereocenters. The molecule has 2 fully saturated rings. The standard InChI is InChI=1S/C15H24N4OS/c1-4-16-15(17-8-14-18-9(2)10(3)21-14)19-12-7-11-5-6-13(12)20-11/h11-13H,4-8H2,1-3H3,(H2,16,17,19). The summed E-state index contributed by atoms with van der Waals surface area (Å²) in [6, 6.07) is 0.404. The highest BCUT2D eigenvalue weighted by molar-refractivity contribution is 7.11. The molecule has 1 aromatic heterocycles. The van der Waals surface area contributed by atoms with Gasteiger partial charge in [-0.1, -0.05) is 0 Å². The first-order chi connectivity index (χ1) is 10.2. The number of guanidine groups is 1. The minimum atomic E-state index is 0.364. The number of aromatic nitrogens is 1. The highest BCUT2D eigenvalue weighted by atomic mass is 32.1. The van der Waals surface area contributed by atoms with Crippen molar-refractivity contribution in [2.45, 2.75) is 64.8 Å². The van der Waals surface area contributed by atoms with Crippen LogP contribution in [0.3, 0.4) is 0 Å². The molecule has 0 amide bonds. The van der Waals surface area contributed by atoms with Gasteiger partial charge < -0.3 is 15.4 Å². The number of rotatable bonds is 4. The Morgan fingerprint density at radius 1 is 1.43 bits per heavy atom. The van der Waals surface area contributed by atoms with Crippen molar-refractivity contribution in [2.24, 2.45) is 4.99 Å². The number of aryl methyl sites for hydroxylation is 2. The van der Waals surface area contributed by atoms with Gasteiger partial charge in [0.15, 0.2) is 5.96 Å². The van der Waals surface area contributed by atoms with E-state index in [1.54, 1.807) is 11.3 Å². The molecule has 0 radical (unpaired) electrons. The first kappa shape index (κ1) is 14.8. The highest BCUT2D eigenvalue weighted by Crippen LogP contribution is 2.34. The van der Waals surface area contributed by atoms with E-state index in [9.17, 15) is 0 Å². The normalized spacial score (nSPS) is 28.1. The fourth-order valence-corrected chi connectivity index (χ4v) is 3.90. The van der Waals surface area contributed by atoms with Crippen molar-refractivity contribution >= 4 is 17.3 Å². The zero-order chi connectivity index (χ0) is 14.8. The SMILES string of the molecule is CCNC(=NCc1nc(C)c(C)s1)NC1CC2CCC1O2. The minimum absolute atomic E-state index is 0.364. The number of nitrogens with one attached hydrogen (secondary N) is 2. The van der Waals surface area contributed by atoms with E-state index in [4.69, 9.17) is 4.74 Å². The molecule has 2 aliphatic heterocycles. The second-order valence-electron chi connectivity index (χ2n) is 5.80. The molecule has 6 heteroatoms. The molecule has 2 saturated heterocycles. The summed E-state index contributed by atoms with van der Waals surface area (Å²) in [6.45, 7) is 7.75. The second kappa shape index (κ2) is 6.32. The second-order valence-corrected chi connectivity index (χ2v) is 7.09. The van der Waals surface area contributed by atoms with Crippen LogP contribution in [0.4, 0.5) is 0 Å². The summed E-state index contributed by atoms with van der Waals surface area (Å²) >= 11 is 1.73. The lowest BCUT2D eigenvalue weighted by atomic mass is 9.96. The van der Waals surface area contributed by atoms with Crippen LogP contribution in [-0.2, 0) is 11.3 Å². The van der Waals surface area contributed by atoms with Crippen LogP contribution < -0.4 is 10.6 Å². The Hall–Kier alpha value is -1.14. The van der Waals surface area contributed by atoms with Gasteiger partial charge in [-0.25, -0.2) is 9.98 Å². The van der Waals surface area contributed by atoms with Gasteiger partial charge in [-0.15, -0.1) is 11.3 Å². The van der Waals surface area contributed by atoms with Crippen LogP contribution in [0.1, 0.15) is 41.8 Å².